The van der Waals surface area contributed by atoms with Gasteiger partial charge in [-0.2, -0.15) is 13.2 Å². The molecule has 0 aliphatic carbocycles. The second-order valence-corrected chi connectivity index (χ2v) is 3.37. The topological polar surface area (TPSA) is 33.1 Å². The largest absolute Gasteiger partial charge is 0.393 e. The van der Waals surface area contributed by atoms with Crippen molar-refractivity contribution in [1.29, 1.82) is 0 Å². The van der Waals surface area contributed by atoms with Gasteiger partial charge < -0.3 is 5.11 Å². The van der Waals surface area contributed by atoms with Crippen LogP contribution in [0.25, 0.3) is 0 Å². The molecule has 0 bridgehead atoms. The van der Waals surface area contributed by atoms with E-state index in [9.17, 15) is 18.3 Å². The fourth-order valence-corrected chi connectivity index (χ4v) is 1.22. The number of hydrogen-bond donors (Lipinski definition) is 1. The maximum atomic E-state index is 11.8. The van der Waals surface area contributed by atoms with Crippen LogP contribution in [0.5, 0.6) is 0 Å². The second kappa shape index (κ2) is 5.11. The molecule has 1 N–H and O–H groups in total. The highest BCUT2D eigenvalue weighted by atomic mass is 19.4. The number of aliphatic hydroxyl groups is 1. The fourth-order valence-electron chi connectivity index (χ4n) is 1.22. The first-order valence-electron chi connectivity index (χ1n) is 4.61. The Morgan fingerprint density at radius 2 is 1.87 bits per heavy atom. The summed E-state index contributed by atoms with van der Waals surface area (Å²) in [6.07, 6.45) is -3.02. The summed E-state index contributed by atoms with van der Waals surface area (Å²) in [7, 11) is 0. The molecule has 0 radical (unpaired) electrons. The predicted octanol–water partition coefficient (Wildman–Crippen LogP) is 2.33. The van der Waals surface area contributed by atoms with Crippen molar-refractivity contribution in [3.63, 3.8) is 0 Å². The number of pyridine rings is 1. The minimum absolute atomic E-state index is 0.235. The van der Waals surface area contributed by atoms with E-state index in [1.165, 1.54) is 0 Å². The molecule has 0 aliphatic heterocycles. The monoisotopic (exact) mass is 219 g/mol. The second-order valence-electron chi connectivity index (χ2n) is 3.37. The summed E-state index contributed by atoms with van der Waals surface area (Å²) in [5.74, 6) is 0. The van der Waals surface area contributed by atoms with E-state index < -0.39 is 18.7 Å². The lowest BCUT2D eigenvalue weighted by molar-refractivity contribution is -0.139. The third-order valence-corrected chi connectivity index (χ3v) is 1.98. The summed E-state index contributed by atoms with van der Waals surface area (Å²) >= 11 is 0. The van der Waals surface area contributed by atoms with Crippen LogP contribution < -0.4 is 0 Å². The molecule has 1 heterocycles. The van der Waals surface area contributed by atoms with Crippen LogP contribution in [0.1, 0.15) is 18.4 Å². The van der Waals surface area contributed by atoms with E-state index in [4.69, 9.17) is 0 Å². The average molecular weight is 219 g/mol. The van der Waals surface area contributed by atoms with Crippen molar-refractivity contribution in [2.45, 2.75) is 31.5 Å². The molecule has 0 amide bonds. The van der Waals surface area contributed by atoms with E-state index in [0.29, 0.717) is 0 Å². The minimum atomic E-state index is -4.20. The quantitative estimate of drug-likeness (QED) is 0.843. The third kappa shape index (κ3) is 5.37. The highest BCUT2D eigenvalue weighted by Gasteiger charge is 2.27. The number of aliphatic hydroxyl groups excluding tert-OH is 1. The molecule has 0 aliphatic rings. The molecule has 1 aromatic rings. The van der Waals surface area contributed by atoms with Crippen LogP contribution in [0.4, 0.5) is 13.2 Å². The summed E-state index contributed by atoms with van der Waals surface area (Å²) in [4.78, 5) is 3.78. The first kappa shape index (κ1) is 12.0. The molecule has 0 aromatic carbocycles. The Morgan fingerprint density at radius 1 is 1.27 bits per heavy atom. The Balaban J connectivity index is 2.34. The van der Waals surface area contributed by atoms with Gasteiger partial charge in [0.2, 0.25) is 0 Å². The van der Waals surface area contributed by atoms with Gasteiger partial charge in [-0.15, -0.1) is 0 Å². The number of nitrogens with zero attached hydrogens (tertiary/aromatic N) is 1. The van der Waals surface area contributed by atoms with Gasteiger partial charge in [-0.25, -0.2) is 0 Å². The van der Waals surface area contributed by atoms with Gasteiger partial charge in [0.15, 0.2) is 0 Å². The van der Waals surface area contributed by atoms with Gasteiger partial charge >= 0.3 is 6.18 Å². The molecule has 5 heteroatoms. The number of halogens is 3. The molecule has 1 unspecified atom stereocenters. The Bertz CT molecular complexity index is 286. The van der Waals surface area contributed by atoms with Crippen molar-refractivity contribution in [2.24, 2.45) is 0 Å². The van der Waals surface area contributed by atoms with E-state index in [-0.39, 0.29) is 12.8 Å². The van der Waals surface area contributed by atoms with Gasteiger partial charge in [0.25, 0.3) is 0 Å². The van der Waals surface area contributed by atoms with Gasteiger partial charge in [0.1, 0.15) is 0 Å². The van der Waals surface area contributed by atoms with Crippen molar-refractivity contribution in [3.8, 4) is 0 Å². The number of hydrogen-bond acceptors (Lipinski definition) is 2. The van der Waals surface area contributed by atoms with Crippen molar-refractivity contribution < 1.29 is 18.3 Å². The third-order valence-electron chi connectivity index (χ3n) is 1.98. The van der Waals surface area contributed by atoms with Gasteiger partial charge in [0, 0.05) is 18.8 Å². The number of aromatic nitrogens is 1. The zero-order valence-electron chi connectivity index (χ0n) is 8.04. The van der Waals surface area contributed by atoms with Gasteiger partial charge in [0.05, 0.1) is 6.10 Å². The Kier molecular flexibility index (Phi) is 4.08. The summed E-state index contributed by atoms with van der Waals surface area (Å²) in [5, 5.41) is 9.35. The summed E-state index contributed by atoms with van der Waals surface area (Å²) in [6, 6.07) is 3.35. The Morgan fingerprint density at radius 3 is 2.40 bits per heavy atom. The van der Waals surface area contributed by atoms with Crippen molar-refractivity contribution >= 4 is 0 Å². The van der Waals surface area contributed by atoms with Crippen molar-refractivity contribution in [2.75, 3.05) is 0 Å². The molecule has 0 saturated carbocycles. The van der Waals surface area contributed by atoms with E-state index in [0.717, 1.165) is 5.56 Å². The Hall–Kier alpha value is -1.10. The molecule has 2 nitrogen and oxygen atoms in total. The molecule has 1 atom stereocenters. The van der Waals surface area contributed by atoms with E-state index >= 15 is 0 Å². The lowest BCUT2D eigenvalue weighted by Gasteiger charge is -2.11. The van der Waals surface area contributed by atoms with Crippen LogP contribution >= 0.6 is 0 Å². The molecule has 0 fully saturated rings. The van der Waals surface area contributed by atoms with Gasteiger partial charge in [-0.3, -0.25) is 4.98 Å². The average Bonchev–Trinajstić information content (AvgIpc) is 2.15. The summed E-state index contributed by atoms with van der Waals surface area (Å²) in [6.45, 7) is 0. The van der Waals surface area contributed by atoms with Gasteiger partial charge in [-0.05, 0) is 30.5 Å². The van der Waals surface area contributed by atoms with Crippen molar-refractivity contribution in [3.05, 3.63) is 30.1 Å². The molecular weight excluding hydrogens is 207 g/mol. The fraction of sp³-hybridized carbons (Fsp3) is 0.500. The van der Waals surface area contributed by atoms with Crippen LogP contribution in [-0.4, -0.2) is 22.4 Å². The van der Waals surface area contributed by atoms with E-state index in [1.807, 2.05) is 0 Å². The molecule has 1 aromatic heterocycles. The SMILES string of the molecule is OC(CCC(F)(F)F)Cc1ccncc1. The number of alkyl halides is 3. The van der Waals surface area contributed by atoms with E-state index in [2.05, 4.69) is 4.98 Å². The molecule has 1 rings (SSSR count). The first-order chi connectivity index (χ1) is 6.97. The summed E-state index contributed by atoms with van der Waals surface area (Å²) < 4.78 is 35.5. The first-order valence-corrected chi connectivity index (χ1v) is 4.61. The molecule has 0 saturated heterocycles. The smallest absolute Gasteiger partial charge is 0.389 e. The van der Waals surface area contributed by atoms with Crippen LogP contribution in [0, 0.1) is 0 Å². The number of rotatable bonds is 4. The van der Waals surface area contributed by atoms with Crippen LogP contribution in [0.2, 0.25) is 0 Å². The standard InChI is InChI=1S/C10H12F3NO/c11-10(12,13)4-1-9(15)7-8-2-5-14-6-3-8/h2-3,5-6,9,15H,1,4,7H2. The summed E-state index contributed by atoms with van der Waals surface area (Å²) in [5.41, 5.74) is 0.791. The maximum absolute atomic E-state index is 11.8. The highest BCUT2D eigenvalue weighted by molar-refractivity contribution is 5.10. The lowest BCUT2D eigenvalue weighted by atomic mass is 10.1. The zero-order chi connectivity index (χ0) is 11.3. The van der Waals surface area contributed by atoms with Gasteiger partial charge in [-0.1, -0.05) is 0 Å². The molecular formula is C10H12F3NO. The van der Waals surface area contributed by atoms with E-state index in [1.54, 1.807) is 24.5 Å². The Labute approximate surface area is 85.8 Å². The highest BCUT2D eigenvalue weighted by Crippen LogP contribution is 2.22. The predicted molar refractivity (Wildman–Crippen MR) is 49.2 cm³/mol. The maximum Gasteiger partial charge on any atom is 0.389 e. The van der Waals surface area contributed by atoms with Crippen molar-refractivity contribution in [1.82, 2.24) is 4.98 Å². The molecule has 84 valence electrons. The lowest BCUT2D eigenvalue weighted by Crippen LogP contribution is -2.16. The minimum Gasteiger partial charge on any atom is -0.393 e. The van der Waals surface area contributed by atoms with Crippen LogP contribution in [0.3, 0.4) is 0 Å². The normalized spacial score (nSPS) is 13.9. The molecule has 15 heavy (non-hydrogen) atoms. The van der Waals surface area contributed by atoms with Crippen LogP contribution in [-0.2, 0) is 6.42 Å². The van der Waals surface area contributed by atoms with Crippen LogP contribution in [0.15, 0.2) is 24.5 Å². The zero-order valence-corrected chi connectivity index (χ0v) is 8.04. The molecule has 0 spiro atoms.